The van der Waals surface area contributed by atoms with E-state index in [-0.39, 0.29) is 47.1 Å². The lowest BCUT2D eigenvalue weighted by molar-refractivity contribution is -0.132. The highest BCUT2D eigenvalue weighted by molar-refractivity contribution is 6.06. The zero-order valence-electron chi connectivity index (χ0n) is 30.1. The third-order valence-corrected chi connectivity index (χ3v) is 8.90. The Kier molecular flexibility index (Phi) is 14.0. The predicted molar refractivity (Wildman–Crippen MR) is 194 cm³/mol. The minimum absolute atomic E-state index is 0.0169. The van der Waals surface area contributed by atoms with Gasteiger partial charge in [-0.3, -0.25) is 9.59 Å². The van der Waals surface area contributed by atoms with Crippen molar-refractivity contribution >= 4 is 23.2 Å². The predicted octanol–water partition coefficient (Wildman–Crippen LogP) is 8.22. The van der Waals surface area contributed by atoms with E-state index in [9.17, 15) is 9.59 Å². The molecule has 0 radical (unpaired) electrons. The van der Waals surface area contributed by atoms with Crippen molar-refractivity contribution in [2.75, 3.05) is 19.7 Å². The second-order valence-corrected chi connectivity index (χ2v) is 12.4. The molecule has 3 rings (SSSR count). The van der Waals surface area contributed by atoms with E-state index >= 15 is 4.39 Å². The van der Waals surface area contributed by atoms with E-state index in [4.69, 9.17) is 10.5 Å². The zero-order valence-corrected chi connectivity index (χ0v) is 30.1. The average Bonchev–Trinajstić information content (AvgIpc) is 3.08. The molecule has 3 N–H and O–H groups in total. The molecule has 1 fully saturated rings. The Morgan fingerprint density at radius 3 is 2.54 bits per heavy atom. The number of amidine groups is 1. The van der Waals surface area contributed by atoms with Crippen LogP contribution >= 0.6 is 0 Å². The van der Waals surface area contributed by atoms with Crippen LogP contribution in [0.5, 0.6) is 5.75 Å². The van der Waals surface area contributed by atoms with Crippen LogP contribution in [0.25, 0.3) is 5.57 Å². The molecule has 1 aromatic rings. The first kappa shape index (κ1) is 38.1. The van der Waals surface area contributed by atoms with Crippen LogP contribution in [0.4, 0.5) is 4.39 Å². The molecule has 1 aromatic carbocycles. The maximum atomic E-state index is 16.7. The van der Waals surface area contributed by atoms with Crippen molar-refractivity contribution < 1.29 is 18.7 Å². The number of nitrogens with two attached hydrogens (primary N) is 1. The number of rotatable bonds is 13. The molecule has 2 heterocycles. The number of allylic oxidation sites excluding steroid dienone is 7. The first-order valence-corrected chi connectivity index (χ1v) is 17.2. The summed E-state index contributed by atoms with van der Waals surface area (Å²) in [6, 6.07) is 2.86. The Bertz CT molecular complexity index is 1560. The molecule has 2 unspecified atom stereocenters. The van der Waals surface area contributed by atoms with Crippen molar-refractivity contribution in [3.8, 4) is 5.75 Å². The second-order valence-electron chi connectivity index (χ2n) is 12.4. The molecule has 2 amide bonds. The molecule has 2 atom stereocenters. The lowest BCUT2D eigenvalue weighted by Gasteiger charge is -2.41. The van der Waals surface area contributed by atoms with E-state index in [1.54, 1.807) is 12.3 Å². The van der Waals surface area contributed by atoms with Crippen molar-refractivity contribution in [2.24, 2.45) is 22.6 Å². The Labute approximate surface area is 286 Å². The summed E-state index contributed by atoms with van der Waals surface area (Å²) < 4.78 is 22.8. The number of benzene rings is 1. The van der Waals surface area contributed by atoms with E-state index in [0.717, 1.165) is 36.4 Å². The topological polar surface area (TPSA) is 100 Å². The largest absolute Gasteiger partial charge is 0.493 e. The van der Waals surface area contributed by atoms with Crippen molar-refractivity contribution in [1.29, 1.82) is 0 Å². The first-order valence-electron chi connectivity index (χ1n) is 17.2. The number of nitrogens with one attached hydrogen (secondary N) is 1. The summed E-state index contributed by atoms with van der Waals surface area (Å²) in [6.45, 7) is 21.6. The first-order chi connectivity index (χ1) is 22.9. The third kappa shape index (κ3) is 8.74. The number of likely N-dealkylation sites (tertiary alicyclic amines) is 1. The molecular formula is C39H54FN5O3. The van der Waals surface area contributed by atoms with Gasteiger partial charge in [-0.15, -0.1) is 0 Å². The van der Waals surface area contributed by atoms with Crippen LogP contribution in [-0.2, 0) is 4.79 Å². The highest BCUT2D eigenvalue weighted by Crippen LogP contribution is 2.43. The lowest BCUT2D eigenvalue weighted by atomic mass is 9.86. The molecule has 0 bridgehead atoms. The van der Waals surface area contributed by atoms with E-state index in [0.29, 0.717) is 42.8 Å². The number of carbonyl (C=O) groups is 2. The van der Waals surface area contributed by atoms with Crippen LogP contribution in [-0.4, -0.2) is 47.1 Å². The monoisotopic (exact) mass is 659 g/mol. The Morgan fingerprint density at radius 1 is 1.21 bits per heavy atom. The maximum Gasteiger partial charge on any atom is 0.255 e. The number of hydrogen-bond donors (Lipinski definition) is 2. The number of ether oxygens (including phenoxy) is 1. The fourth-order valence-corrected chi connectivity index (χ4v) is 6.08. The van der Waals surface area contributed by atoms with Gasteiger partial charge in [0.1, 0.15) is 17.4 Å². The van der Waals surface area contributed by atoms with Crippen LogP contribution < -0.4 is 15.8 Å². The van der Waals surface area contributed by atoms with Crippen LogP contribution in [0.1, 0.15) is 103 Å². The van der Waals surface area contributed by atoms with Gasteiger partial charge in [-0.2, -0.15) is 0 Å². The van der Waals surface area contributed by atoms with Crippen LogP contribution in [0.3, 0.4) is 0 Å². The zero-order chi connectivity index (χ0) is 35.5. The van der Waals surface area contributed by atoms with Crippen LogP contribution in [0.15, 0.2) is 82.6 Å². The molecule has 48 heavy (non-hydrogen) atoms. The number of aliphatic imine (C=N–C) groups is 1. The van der Waals surface area contributed by atoms with Gasteiger partial charge in [0.15, 0.2) is 0 Å². The number of halogens is 1. The fraction of sp³-hybridized carbons (Fsp3) is 0.462. The van der Waals surface area contributed by atoms with Gasteiger partial charge < -0.3 is 25.6 Å². The number of carbonyl (C=O) groups excluding carboxylic acids is 2. The minimum Gasteiger partial charge on any atom is -0.493 e. The maximum absolute atomic E-state index is 16.7. The molecule has 9 heteroatoms. The highest BCUT2D eigenvalue weighted by Gasteiger charge is 2.35. The molecule has 0 aromatic heterocycles. The van der Waals surface area contributed by atoms with Gasteiger partial charge in [0, 0.05) is 54.3 Å². The smallest absolute Gasteiger partial charge is 0.255 e. The van der Waals surface area contributed by atoms with Gasteiger partial charge in [-0.1, -0.05) is 58.1 Å². The SMILES string of the molecule is C=C(C1CCCN(C(=O)CC)C1)N1C(CC)=CN=C(N)/C1=C(\c1c(F)cc(C(=O)NC(/C=C\C=C/C)=C(C)C)cc1OCC)C(C)CC. The van der Waals surface area contributed by atoms with Gasteiger partial charge in [-0.05, 0) is 83.1 Å². The van der Waals surface area contributed by atoms with Gasteiger partial charge in [0.25, 0.3) is 5.91 Å². The average molecular weight is 660 g/mol. The highest BCUT2D eigenvalue weighted by atomic mass is 19.1. The number of hydrogen-bond acceptors (Lipinski definition) is 6. The van der Waals surface area contributed by atoms with Gasteiger partial charge in [-0.25, -0.2) is 9.38 Å². The van der Waals surface area contributed by atoms with Crippen molar-refractivity contribution in [3.05, 3.63) is 94.5 Å². The summed E-state index contributed by atoms with van der Waals surface area (Å²) in [4.78, 5) is 34.7. The van der Waals surface area contributed by atoms with Crippen molar-refractivity contribution in [3.63, 3.8) is 0 Å². The lowest BCUT2D eigenvalue weighted by Crippen LogP contribution is -2.43. The summed E-state index contributed by atoms with van der Waals surface area (Å²) in [5.74, 6) is -0.631. The molecule has 8 nitrogen and oxygen atoms in total. The Balaban J connectivity index is 2.24. The molecule has 0 aliphatic carbocycles. The third-order valence-electron chi connectivity index (χ3n) is 8.90. The quantitative estimate of drug-likeness (QED) is 0.208. The summed E-state index contributed by atoms with van der Waals surface area (Å²) in [5.41, 5.74) is 11.5. The Morgan fingerprint density at radius 2 is 1.94 bits per heavy atom. The molecule has 0 spiro atoms. The molecule has 260 valence electrons. The Hall–Kier alpha value is -4.40. The van der Waals surface area contributed by atoms with Crippen LogP contribution in [0.2, 0.25) is 0 Å². The van der Waals surface area contributed by atoms with Gasteiger partial charge in [0.2, 0.25) is 5.91 Å². The van der Waals surface area contributed by atoms with E-state index in [2.05, 4.69) is 16.9 Å². The minimum atomic E-state index is -0.597. The summed E-state index contributed by atoms with van der Waals surface area (Å²) in [5, 5.41) is 2.92. The van der Waals surface area contributed by atoms with E-state index in [1.165, 1.54) is 6.07 Å². The molecule has 2 aliphatic rings. The summed E-state index contributed by atoms with van der Waals surface area (Å²) in [7, 11) is 0. The van der Waals surface area contributed by atoms with Crippen molar-refractivity contribution in [2.45, 2.75) is 87.5 Å². The standard InChI is InChI=1S/C39H54FN5O3/c1-10-15-16-19-32(25(6)7)43-39(47)29-21-31(40)36(33(22-29)48-14-5)35(26(8)11-2)37-38(41)42-23-30(12-3)45(37)27(9)28-18-17-20-44(24-28)34(46)13-4/h10,15-16,19,21-23,26,28H,9,11-14,17-18,20,24H2,1-8H3,(H2,41,42)(H,43,47)/b15-10-,19-16-,37-35+. The second kappa shape index (κ2) is 17.7. The number of amides is 2. The van der Waals surface area contributed by atoms with E-state index < -0.39 is 11.7 Å². The fourth-order valence-electron chi connectivity index (χ4n) is 6.08. The molecular weight excluding hydrogens is 605 g/mol. The van der Waals surface area contributed by atoms with Crippen LogP contribution in [0, 0.1) is 17.7 Å². The normalized spacial score (nSPS) is 18.4. The summed E-state index contributed by atoms with van der Waals surface area (Å²) in [6.07, 6.45) is 12.6. The van der Waals surface area contributed by atoms with E-state index in [1.807, 2.05) is 89.5 Å². The van der Waals surface area contributed by atoms with Crippen molar-refractivity contribution in [1.82, 2.24) is 15.1 Å². The molecule has 0 saturated carbocycles. The molecule has 1 saturated heterocycles. The number of nitrogens with zero attached hydrogens (tertiary/aromatic N) is 3. The van der Waals surface area contributed by atoms with Gasteiger partial charge in [0.05, 0.1) is 17.9 Å². The number of piperidine rings is 1. The summed E-state index contributed by atoms with van der Waals surface area (Å²) >= 11 is 0. The molecule has 2 aliphatic heterocycles. The van der Waals surface area contributed by atoms with Gasteiger partial charge >= 0.3 is 0 Å².